The standard InChI is InChI=1S/C16H34N2O/c1-14(2)9-12-18(4)11-6-5-10-16(3,13-19)17-15-7-8-15/h14-15,17,19H,5-13H2,1-4H3. The van der Waals surface area contributed by atoms with E-state index in [0.717, 1.165) is 12.3 Å². The highest BCUT2D eigenvalue weighted by atomic mass is 16.3. The van der Waals surface area contributed by atoms with Gasteiger partial charge in [-0.1, -0.05) is 20.3 Å². The minimum atomic E-state index is -0.0579. The molecule has 0 aromatic heterocycles. The highest BCUT2D eigenvalue weighted by molar-refractivity contribution is 4.92. The van der Waals surface area contributed by atoms with Crippen LogP contribution < -0.4 is 5.32 Å². The molecule has 0 radical (unpaired) electrons. The average Bonchev–Trinajstić information content (AvgIpc) is 3.16. The van der Waals surface area contributed by atoms with Crippen molar-refractivity contribution >= 4 is 0 Å². The fraction of sp³-hybridized carbons (Fsp3) is 1.00. The lowest BCUT2D eigenvalue weighted by molar-refractivity contribution is 0.159. The number of rotatable bonds is 11. The summed E-state index contributed by atoms with van der Waals surface area (Å²) in [5.74, 6) is 0.794. The molecular weight excluding hydrogens is 236 g/mol. The summed E-state index contributed by atoms with van der Waals surface area (Å²) in [6, 6.07) is 0.672. The summed E-state index contributed by atoms with van der Waals surface area (Å²) in [7, 11) is 2.22. The Hall–Kier alpha value is -0.120. The Labute approximate surface area is 119 Å². The second-order valence-corrected chi connectivity index (χ2v) is 7.08. The number of nitrogens with one attached hydrogen (secondary N) is 1. The van der Waals surface area contributed by atoms with E-state index in [2.05, 4.69) is 38.0 Å². The Kier molecular flexibility index (Phi) is 7.33. The van der Waals surface area contributed by atoms with Crippen molar-refractivity contribution in [3.05, 3.63) is 0 Å². The maximum Gasteiger partial charge on any atom is 0.0610 e. The number of hydrogen-bond donors (Lipinski definition) is 2. The fourth-order valence-corrected chi connectivity index (χ4v) is 2.40. The quantitative estimate of drug-likeness (QED) is 0.567. The van der Waals surface area contributed by atoms with E-state index in [-0.39, 0.29) is 12.1 Å². The maximum atomic E-state index is 9.54. The van der Waals surface area contributed by atoms with Gasteiger partial charge in [-0.3, -0.25) is 0 Å². The molecule has 0 spiro atoms. The van der Waals surface area contributed by atoms with Gasteiger partial charge in [0, 0.05) is 11.6 Å². The van der Waals surface area contributed by atoms with Crippen LogP contribution in [0.25, 0.3) is 0 Å². The zero-order chi connectivity index (χ0) is 14.3. The van der Waals surface area contributed by atoms with Crippen LogP contribution >= 0.6 is 0 Å². The van der Waals surface area contributed by atoms with E-state index in [1.165, 1.54) is 45.2 Å². The molecule has 0 saturated heterocycles. The van der Waals surface area contributed by atoms with Gasteiger partial charge in [-0.2, -0.15) is 0 Å². The van der Waals surface area contributed by atoms with Gasteiger partial charge in [0.05, 0.1) is 6.61 Å². The van der Waals surface area contributed by atoms with Crippen LogP contribution in [-0.4, -0.2) is 48.3 Å². The molecule has 1 rings (SSSR count). The average molecular weight is 270 g/mol. The van der Waals surface area contributed by atoms with Crippen molar-refractivity contribution in [2.75, 3.05) is 26.7 Å². The van der Waals surface area contributed by atoms with Crippen LogP contribution in [0.5, 0.6) is 0 Å². The zero-order valence-electron chi connectivity index (χ0n) is 13.4. The first-order valence-corrected chi connectivity index (χ1v) is 8.02. The molecule has 0 aromatic carbocycles. The molecule has 1 fully saturated rings. The normalized spacial score (nSPS) is 19.1. The molecule has 1 aliphatic carbocycles. The van der Waals surface area contributed by atoms with Crippen molar-refractivity contribution < 1.29 is 5.11 Å². The molecule has 3 heteroatoms. The molecular formula is C16H34N2O. The predicted molar refractivity (Wildman–Crippen MR) is 82.5 cm³/mol. The Morgan fingerprint density at radius 2 is 1.95 bits per heavy atom. The third-order valence-corrected chi connectivity index (χ3v) is 4.09. The van der Waals surface area contributed by atoms with Gasteiger partial charge in [-0.25, -0.2) is 0 Å². The second kappa shape index (κ2) is 8.23. The topological polar surface area (TPSA) is 35.5 Å². The van der Waals surface area contributed by atoms with Gasteiger partial charge in [-0.05, 0) is 65.1 Å². The summed E-state index contributed by atoms with van der Waals surface area (Å²) < 4.78 is 0. The lowest BCUT2D eigenvalue weighted by Crippen LogP contribution is -2.46. The van der Waals surface area contributed by atoms with Gasteiger partial charge >= 0.3 is 0 Å². The van der Waals surface area contributed by atoms with Crippen molar-refractivity contribution in [1.29, 1.82) is 0 Å². The molecule has 1 aliphatic rings. The fourth-order valence-electron chi connectivity index (χ4n) is 2.40. The van der Waals surface area contributed by atoms with Crippen LogP contribution in [0.4, 0.5) is 0 Å². The van der Waals surface area contributed by atoms with Crippen LogP contribution in [0.3, 0.4) is 0 Å². The zero-order valence-corrected chi connectivity index (χ0v) is 13.4. The van der Waals surface area contributed by atoms with E-state index >= 15 is 0 Å². The SMILES string of the molecule is CC(C)CCN(C)CCCCC(C)(CO)NC1CC1. The molecule has 0 bridgehead atoms. The van der Waals surface area contributed by atoms with Gasteiger partial charge in [0.1, 0.15) is 0 Å². The second-order valence-electron chi connectivity index (χ2n) is 7.08. The van der Waals surface area contributed by atoms with Crippen molar-refractivity contribution in [2.45, 2.75) is 70.9 Å². The number of aliphatic hydroxyl groups excluding tert-OH is 1. The summed E-state index contributed by atoms with van der Waals surface area (Å²) in [6.45, 7) is 9.36. The highest BCUT2D eigenvalue weighted by Crippen LogP contribution is 2.24. The maximum absolute atomic E-state index is 9.54. The molecule has 0 aromatic rings. The third kappa shape index (κ3) is 7.91. The van der Waals surface area contributed by atoms with Gasteiger partial charge in [0.15, 0.2) is 0 Å². The highest BCUT2D eigenvalue weighted by Gasteiger charge is 2.31. The predicted octanol–water partition coefficient (Wildman–Crippen LogP) is 2.64. The number of unbranched alkanes of at least 4 members (excludes halogenated alkanes) is 1. The first-order chi connectivity index (χ1) is 8.95. The van der Waals surface area contributed by atoms with Crippen LogP contribution in [-0.2, 0) is 0 Å². The summed E-state index contributed by atoms with van der Waals surface area (Å²) in [4.78, 5) is 2.44. The van der Waals surface area contributed by atoms with Crippen LogP contribution in [0.15, 0.2) is 0 Å². The summed E-state index contributed by atoms with van der Waals surface area (Å²) in [5.41, 5.74) is -0.0579. The summed E-state index contributed by atoms with van der Waals surface area (Å²) in [6.07, 6.45) is 7.37. The molecule has 1 unspecified atom stereocenters. The van der Waals surface area contributed by atoms with E-state index < -0.39 is 0 Å². The largest absolute Gasteiger partial charge is 0.394 e. The van der Waals surface area contributed by atoms with Crippen molar-refractivity contribution in [3.8, 4) is 0 Å². The molecule has 2 N–H and O–H groups in total. The first-order valence-electron chi connectivity index (χ1n) is 8.02. The number of hydrogen-bond acceptors (Lipinski definition) is 3. The van der Waals surface area contributed by atoms with E-state index in [1.54, 1.807) is 0 Å². The molecule has 1 saturated carbocycles. The molecule has 0 aliphatic heterocycles. The van der Waals surface area contributed by atoms with Crippen molar-refractivity contribution in [3.63, 3.8) is 0 Å². The summed E-state index contributed by atoms with van der Waals surface area (Å²) >= 11 is 0. The molecule has 1 atom stereocenters. The third-order valence-electron chi connectivity index (χ3n) is 4.09. The Morgan fingerprint density at radius 3 is 2.47 bits per heavy atom. The Morgan fingerprint density at radius 1 is 1.26 bits per heavy atom. The number of aliphatic hydroxyl groups is 1. The molecule has 114 valence electrons. The lowest BCUT2D eigenvalue weighted by Gasteiger charge is -2.29. The van der Waals surface area contributed by atoms with E-state index in [4.69, 9.17) is 0 Å². The first kappa shape index (κ1) is 16.9. The van der Waals surface area contributed by atoms with Crippen molar-refractivity contribution in [1.82, 2.24) is 10.2 Å². The Bertz CT molecular complexity index is 241. The minimum Gasteiger partial charge on any atom is -0.394 e. The Balaban J connectivity index is 2.07. The van der Waals surface area contributed by atoms with Gasteiger partial charge in [0.25, 0.3) is 0 Å². The van der Waals surface area contributed by atoms with Crippen LogP contribution in [0.1, 0.15) is 59.3 Å². The van der Waals surface area contributed by atoms with Crippen molar-refractivity contribution in [2.24, 2.45) is 5.92 Å². The van der Waals surface area contributed by atoms with Gasteiger partial charge in [0.2, 0.25) is 0 Å². The van der Waals surface area contributed by atoms with Gasteiger partial charge in [-0.15, -0.1) is 0 Å². The van der Waals surface area contributed by atoms with E-state index in [0.29, 0.717) is 6.04 Å². The number of nitrogens with zero attached hydrogens (tertiary/aromatic N) is 1. The van der Waals surface area contributed by atoms with Gasteiger partial charge < -0.3 is 15.3 Å². The monoisotopic (exact) mass is 270 g/mol. The van der Waals surface area contributed by atoms with Crippen LogP contribution in [0, 0.1) is 5.92 Å². The lowest BCUT2D eigenvalue weighted by atomic mass is 9.95. The molecule has 19 heavy (non-hydrogen) atoms. The smallest absolute Gasteiger partial charge is 0.0610 e. The summed E-state index contributed by atoms with van der Waals surface area (Å²) in [5, 5.41) is 13.1. The van der Waals surface area contributed by atoms with Crippen LogP contribution in [0.2, 0.25) is 0 Å². The minimum absolute atomic E-state index is 0.0579. The molecule has 3 nitrogen and oxygen atoms in total. The molecule has 0 amide bonds. The van der Waals surface area contributed by atoms with E-state index in [1.807, 2.05) is 0 Å². The molecule has 0 heterocycles. The van der Waals surface area contributed by atoms with E-state index in [9.17, 15) is 5.11 Å².